The smallest absolute Gasteiger partial charge is 0.192 e. The molecule has 2 aromatic carbocycles. The van der Waals surface area contributed by atoms with E-state index in [2.05, 4.69) is 34.2 Å². The van der Waals surface area contributed by atoms with E-state index < -0.39 is 0 Å². The second-order valence-electron chi connectivity index (χ2n) is 4.56. The number of benzene rings is 2. The molecule has 1 heterocycles. The maximum Gasteiger partial charge on any atom is 0.192 e. The quantitative estimate of drug-likeness (QED) is 0.746. The number of rotatable bonds is 3. The highest BCUT2D eigenvalue weighted by atomic mass is 32.2. The topological polar surface area (TPSA) is 51.8 Å². The van der Waals surface area contributed by atoms with Crippen molar-refractivity contribution in [3.63, 3.8) is 0 Å². The van der Waals surface area contributed by atoms with Gasteiger partial charge in [0, 0.05) is 23.3 Å². The zero-order chi connectivity index (χ0) is 13.9. The Bertz CT molecular complexity index is 756. The Morgan fingerprint density at radius 2 is 1.85 bits per heavy atom. The Morgan fingerprint density at radius 3 is 2.60 bits per heavy atom. The van der Waals surface area contributed by atoms with Crippen LogP contribution in [0.1, 0.15) is 11.3 Å². The second kappa shape index (κ2) is 5.61. The first-order valence-electron chi connectivity index (χ1n) is 6.46. The molecule has 0 fully saturated rings. The lowest BCUT2D eigenvalue weighted by Gasteiger charge is -2.09. The molecule has 0 aliphatic rings. The van der Waals surface area contributed by atoms with Crippen molar-refractivity contribution in [2.45, 2.75) is 23.5 Å². The minimum Gasteiger partial charge on any atom is -0.326 e. The molecule has 0 bridgehead atoms. The average Bonchev–Trinajstić information content (AvgIpc) is 2.48. The van der Waals surface area contributed by atoms with E-state index in [9.17, 15) is 0 Å². The zero-order valence-corrected chi connectivity index (χ0v) is 12.0. The first-order chi connectivity index (χ1) is 9.78. The Balaban J connectivity index is 2.08. The van der Waals surface area contributed by atoms with E-state index in [4.69, 9.17) is 5.73 Å². The maximum absolute atomic E-state index is 5.81. The van der Waals surface area contributed by atoms with Crippen molar-refractivity contribution < 1.29 is 0 Å². The molecule has 0 unspecified atom stereocenters. The summed E-state index contributed by atoms with van der Waals surface area (Å²) >= 11 is 1.59. The van der Waals surface area contributed by atoms with E-state index in [1.165, 1.54) is 10.8 Å². The highest BCUT2D eigenvalue weighted by Gasteiger charge is 2.07. The Labute approximate surface area is 122 Å². The van der Waals surface area contributed by atoms with Crippen molar-refractivity contribution in [2.24, 2.45) is 5.73 Å². The van der Waals surface area contributed by atoms with Gasteiger partial charge in [0.05, 0.1) is 0 Å². The van der Waals surface area contributed by atoms with Crippen LogP contribution in [-0.2, 0) is 6.54 Å². The van der Waals surface area contributed by atoms with Crippen LogP contribution in [0.4, 0.5) is 0 Å². The van der Waals surface area contributed by atoms with E-state index in [1.807, 2.05) is 25.1 Å². The molecule has 3 rings (SSSR count). The fraction of sp³-hybridized carbons (Fsp3) is 0.125. The number of hydrogen-bond acceptors (Lipinski definition) is 4. The van der Waals surface area contributed by atoms with Crippen LogP contribution in [0.5, 0.6) is 0 Å². The van der Waals surface area contributed by atoms with Crippen LogP contribution in [0, 0.1) is 6.92 Å². The molecule has 0 aliphatic carbocycles. The molecule has 0 saturated heterocycles. The molecule has 0 radical (unpaired) electrons. The number of hydrogen-bond donors (Lipinski definition) is 1. The number of aromatic nitrogens is 2. The lowest BCUT2D eigenvalue weighted by molar-refractivity contribution is 0.932. The molecule has 3 aromatic rings. The summed E-state index contributed by atoms with van der Waals surface area (Å²) < 4.78 is 0. The van der Waals surface area contributed by atoms with E-state index in [1.54, 1.807) is 18.0 Å². The fourth-order valence-corrected chi connectivity index (χ4v) is 3.10. The summed E-state index contributed by atoms with van der Waals surface area (Å²) in [6.45, 7) is 2.52. The van der Waals surface area contributed by atoms with Gasteiger partial charge in [0.2, 0.25) is 0 Å². The molecule has 3 nitrogen and oxygen atoms in total. The zero-order valence-electron chi connectivity index (χ0n) is 11.2. The molecule has 4 heteroatoms. The van der Waals surface area contributed by atoms with Crippen molar-refractivity contribution in [1.29, 1.82) is 0 Å². The van der Waals surface area contributed by atoms with Crippen LogP contribution in [0.15, 0.2) is 58.7 Å². The van der Waals surface area contributed by atoms with Gasteiger partial charge in [-0.15, -0.1) is 0 Å². The Kier molecular flexibility index (Phi) is 3.67. The minimum atomic E-state index is 0.548. The van der Waals surface area contributed by atoms with Gasteiger partial charge in [-0.25, -0.2) is 9.97 Å². The lowest BCUT2D eigenvalue weighted by Crippen LogP contribution is -1.97. The Morgan fingerprint density at radius 1 is 1.05 bits per heavy atom. The molecule has 20 heavy (non-hydrogen) atoms. The molecule has 0 aliphatic heterocycles. The minimum absolute atomic E-state index is 0.548. The van der Waals surface area contributed by atoms with Crippen LogP contribution >= 0.6 is 11.8 Å². The van der Waals surface area contributed by atoms with E-state index in [0.29, 0.717) is 6.54 Å². The molecule has 100 valence electrons. The molecular formula is C16H15N3S. The summed E-state index contributed by atoms with van der Waals surface area (Å²) in [6, 6.07) is 14.4. The molecule has 0 spiro atoms. The number of nitrogens with two attached hydrogens (primary N) is 1. The second-order valence-corrected chi connectivity index (χ2v) is 5.56. The van der Waals surface area contributed by atoms with Gasteiger partial charge in [0.25, 0.3) is 0 Å². The third-order valence-electron chi connectivity index (χ3n) is 3.17. The predicted molar refractivity (Wildman–Crippen MR) is 82.7 cm³/mol. The predicted octanol–water partition coefficient (Wildman–Crippen LogP) is 3.55. The molecule has 0 saturated carbocycles. The van der Waals surface area contributed by atoms with Crippen molar-refractivity contribution in [2.75, 3.05) is 0 Å². The third kappa shape index (κ3) is 2.53. The van der Waals surface area contributed by atoms with Crippen molar-refractivity contribution in [3.05, 3.63) is 59.9 Å². The first kappa shape index (κ1) is 13.1. The van der Waals surface area contributed by atoms with Crippen LogP contribution in [0.2, 0.25) is 0 Å². The monoisotopic (exact) mass is 281 g/mol. The van der Waals surface area contributed by atoms with Gasteiger partial charge < -0.3 is 5.73 Å². The molecule has 0 amide bonds. The van der Waals surface area contributed by atoms with Crippen molar-refractivity contribution in [3.8, 4) is 0 Å². The number of fused-ring (bicyclic) bond motifs is 1. The number of nitrogens with zero attached hydrogens (tertiary/aromatic N) is 2. The summed E-state index contributed by atoms with van der Waals surface area (Å²) in [5, 5.41) is 3.17. The summed E-state index contributed by atoms with van der Waals surface area (Å²) in [5.74, 6) is 0. The fourth-order valence-electron chi connectivity index (χ4n) is 2.17. The van der Waals surface area contributed by atoms with Gasteiger partial charge in [0.15, 0.2) is 5.16 Å². The van der Waals surface area contributed by atoms with Crippen molar-refractivity contribution >= 4 is 22.5 Å². The molecule has 0 atom stereocenters. The first-order valence-corrected chi connectivity index (χ1v) is 7.28. The van der Waals surface area contributed by atoms with Gasteiger partial charge in [-0.1, -0.05) is 30.3 Å². The van der Waals surface area contributed by atoms with Crippen molar-refractivity contribution in [1.82, 2.24) is 9.97 Å². The lowest BCUT2D eigenvalue weighted by atomic mass is 10.0. The van der Waals surface area contributed by atoms with Crippen LogP contribution < -0.4 is 5.73 Å². The van der Waals surface area contributed by atoms with Crippen LogP contribution in [0.25, 0.3) is 10.8 Å². The normalized spacial score (nSPS) is 10.9. The van der Waals surface area contributed by atoms with E-state index >= 15 is 0 Å². The Hall–Kier alpha value is -1.91. The standard InChI is InChI=1S/C16H15N3S/c1-11-8-9-18-16(19-11)20-15-7-6-12(10-17)13-4-2-3-5-14(13)15/h2-9H,10,17H2,1H3. The summed E-state index contributed by atoms with van der Waals surface area (Å²) in [6.07, 6.45) is 1.79. The van der Waals surface area contributed by atoms with Gasteiger partial charge >= 0.3 is 0 Å². The maximum atomic E-state index is 5.81. The summed E-state index contributed by atoms with van der Waals surface area (Å²) in [7, 11) is 0. The van der Waals surface area contributed by atoms with E-state index in [0.717, 1.165) is 21.3 Å². The molecule has 2 N–H and O–H groups in total. The average molecular weight is 281 g/mol. The van der Waals surface area contributed by atoms with Gasteiger partial charge in [0.1, 0.15) is 0 Å². The van der Waals surface area contributed by atoms with Gasteiger partial charge in [-0.3, -0.25) is 0 Å². The van der Waals surface area contributed by atoms with Crippen LogP contribution in [-0.4, -0.2) is 9.97 Å². The van der Waals surface area contributed by atoms with Crippen LogP contribution in [0.3, 0.4) is 0 Å². The largest absolute Gasteiger partial charge is 0.326 e. The summed E-state index contributed by atoms with van der Waals surface area (Å²) in [4.78, 5) is 9.91. The molecule has 1 aromatic heterocycles. The van der Waals surface area contributed by atoms with Gasteiger partial charge in [-0.05, 0) is 47.2 Å². The SMILES string of the molecule is Cc1ccnc(Sc2ccc(CN)c3ccccc23)n1. The third-order valence-corrected chi connectivity index (χ3v) is 4.12. The van der Waals surface area contributed by atoms with Gasteiger partial charge in [-0.2, -0.15) is 0 Å². The highest BCUT2D eigenvalue weighted by Crippen LogP contribution is 2.33. The summed E-state index contributed by atoms with van der Waals surface area (Å²) in [5.41, 5.74) is 7.95. The van der Waals surface area contributed by atoms with E-state index in [-0.39, 0.29) is 0 Å². The number of aryl methyl sites for hydroxylation is 1. The molecular weight excluding hydrogens is 266 g/mol. The highest BCUT2D eigenvalue weighted by molar-refractivity contribution is 7.99.